The Morgan fingerprint density at radius 2 is 1.82 bits per heavy atom. The van der Waals surface area contributed by atoms with Crippen molar-refractivity contribution in [2.75, 3.05) is 12.4 Å². The summed E-state index contributed by atoms with van der Waals surface area (Å²) in [6, 6.07) is 21.2. The third-order valence-corrected chi connectivity index (χ3v) is 5.68. The van der Waals surface area contributed by atoms with Crippen molar-refractivity contribution in [2.24, 2.45) is 0 Å². The molecule has 34 heavy (non-hydrogen) atoms. The molecule has 174 valence electrons. The number of halogens is 1. The number of anilines is 1. The van der Waals surface area contributed by atoms with Gasteiger partial charge in [-0.25, -0.2) is 0 Å². The minimum atomic E-state index is -0.317. The van der Waals surface area contributed by atoms with Crippen LogP contribution < -0.4 is 14.8 Å². The van der Waals surface area contributed by atoms with Crippen molar-refractivity contribution in [3.05, 3.63) is 106 Å². The van der Waals surface area contributed by atoms with Gasteiger partial charge in [-0.15, -0.1) is 0 Å². The molecule has 6 nitrogen and oxygen atoms in total. The van der Waals surface area contributed by atoms with Crippen LogP contribution in [0, 0.1) is 13.8 Å². The molecule has 4 rings (SSSR count). The zero-order valence-corrected chi connectivity index (χ0v) is 20.1. The number of nitrogens with one attached hydrogen (secondary N) is 1. The van der Waals surface area contributed by atoms with E-state index in [0.717, 1.165) is 28.0 Å². The van der Waals surface area contributed by atoms with E-state index in [1.165, 1.54) is 0 Å². The van der Waals surface area contributed by atoms with Gasteiger partial charge in [0.15, 0.2) is 5.82 Å². The number of carbonyl (C=O) groups is 1. The van der Waals surface area contributed by atoms with Crippen LogP contribution in [0.4, 0.5) is 5.82 Å². The molecule has 0 saturated heterocycles. The topological polar surface area (TPSA) is 65.4 Å². The van der Waals surface area contributed by atoms with E-state index < -0.39 is 0 Å². The summed E-state index contributed by atoms with van der Waals surface area (Å²) in [5.41, 5.74) is 4.46. The number of aryl methyl sites for hydroxylation is 2. The number of nitrogens with zero attached hydrogens (tertiary/aromatic N) is 2. The second kappa shape index (κ2) is 10.4. The number of ether oxygens (including phenoxy) is 2. The average molecular weight is 476 g/mol. The standard InChI is InChI=1S/C27H26ClN3O3/c1-18-9-10-19(2)25(13-18)34-17-22-14-21(11-12-24(22)33-3)27(32)29-26-23(28)16-31(30-26)15-20-7-5-4-6-8-20/h4-14,16H,15,17H2,1-3H3,(H,29,30,32). The van der Waals surface area contributed by atoms with E-state index in [1.807, 2.05) is 62.4 Å². The van der Waals surface area contributed by atoms with Gasteiger partial charge in [-0.3, -0.25) is 9.48 Å². The predicted molar refractivity (Wildman–Crippen MR) is 134 cm³/mol. The molecule has 0 fully saturated rings. The average Bonchev–Trinajstić information content (AvgIpc) is 3.18. The number of benzene rings is 3. The number of rotatable bonds is 8. The van der Waals surface area contributed by atoms with E-state index >= 15 is 0 Å². The maximum absolute atomic E-state index is 13.0. The van der Waals surface area contributed by atoms with Gasteiger partial charge in [-0.1, -0.05) is 54.1 Å². The minimum Gasteiger partial charge on any atom is -0.496 e. The van der Waals surface area contributed by atoms with Gasteiger partial charge in [0.1, 0.15) is 23.1 Å². The third kappa shape index (κ3) is 5.58. The molecule has 4 aromatic rings. The Morgan fingerprint density at radius 1 is 1.03 bits per heavy atom. The van der Waals surface area contributed by atoms with Gasteiger partial charge in [-0.2, -0.15) is 5.10 Å². The summed E-state index contributed by atoms with van der Waals surface area (Å²) < 4.78 is 13.2. The van der Waals surface area contributed by atoms with E-state index in [9.17, 15) is 4.79 Å². The lowest BCUT2D eigenvalue weighted by Crippen LogP contribution is -2.14. The zero-order valence-electron chi connectivity index (χ0n) is 19.3. The maximum Gasteiger partial charge on any atom is 0.256 e. The maximum atomic E-state index is 13.0. The summed E-state index contributed by atoms with van der Waals surface area (Å²) in [7, 11) is 1.59. The Bertz CT molecular complexity index is 1300. The molecular formula is C27H26ClN3O3. The first kappa shape index (κ1) is 23.4. The molecule has 1 aromatic heterocycles. The fourth-order valence-corrected chi connectivity index (χ4v) is 3.76. The molecule has 0 aliphatic rings. The van der Waals surface area contributed by atoms with Gasteiger partial charge in [0.05, 0.1) is 13.7 Å². The van der Waals surface area contributed by atoms with Gasteiger partial charge in [-0.05, 0) is 54.8 Å². The van der Waals surface area contributed by atoms with Gasteiger partial charge in [0.2, 0.25) is 0 Å². The molecule has 0 atom stereocenters. The summed E-state index contributed by atoms with van der Waals surface area (Å²) in [5.74, 6) is 1.44. The van der Waals surface area contributed by atoms with Crippen molar-refractivity contribution in [1.82, 2.24) is 9.78 Å². The van der Waals surface area contributed by atoms with Crippen LogP contribution in [0.1, 0.15) is 32.6 Å². The highest BCUT2D eigenvalue weighted by Crippen LogP contribution is 2.26. The Morgan fingerprint density at radius 3 is 2.59 bits per heavy atom. The van der Waals surface area contributed by atoms with Gasteiger partial charge in [0, 0.05) is 17.3 Å². The van der Waals surface area contributed by atoms with E-state index in [0.29, 0.717) is 28.7 Å². The second-order valence-corrected chi connectivity index (χ2v) is 8.45. The molecule has 0 saturated carbocycles. The van der Waals surface area contributed by atoms with Crippen LogP contribution in [0.2, 0.25) is 5.02 Å². The Hall–Kier alpha value is -3.77. The van der Waals surface area contributed by atoms with Crippen LogP contribution in [-0.4, -0.2) is 22.8 Å². The number of carbonyl (C=O) groups excluding carboxylic acids is 1. The van der Waals surface area contributed by atoms with Crippen LogP contribution in [-0.2, 0) is 13.2 Å². The largest absolute Gasteiger partial charge is 0.496 e. The van der Waals surface area contributed by atoms with E-state index in [1.54, 1.807) is 36.2 Å². The molecule has 0 radical (unpaired) electrons. The van der Waals surface area contributed by atoms with E-state index in [2.05, 4.69) is 10.4 Å². The lowest BCUT2D eigenvalue weighted by molar-refractivity contribution is 0.102. The summed E-state index contributed by atoms with van der Waals surface area (Å²) >= 11 is 6.33. The Kier molecular flexibility index (Phi) is 7.18. The van der Waals surface area contributed by atoms with Crippen molar-refractivity contribution in [2.45, 2.75) is 27.0 Å². The summed E-state index contributed by atoms with van der Waals surface area (Å²) in [5, 5.41) is 7.60. The highest BCUT2D eigenvalue weighted by molar-refractivity contribution is 6.33. The van der Waals surface area contributed by atoms with Gasteiger partial charge >= 0.3 is 0 Å². The first-order valence-electron chi connectivity index (χ1n) is 10.9. The fourth-order valence-electron chi connectivity index (χ4n) is 3.56. The zero-order chi connectivity index (χ0) is 24.1. The van der Waals surface area contributed by atoms with Crippen molar-refractivity contribution in [1.29, 1.82) is 0 Å². The molecule has 0 spiro atoms. The highest BCUT2D eigenvalue weighted by Gasteiger charge is 2.15. The summed E-state index contributed by atoms with van der Waals surface area (Å²) in [6.07, 6.45) is 1.70. The minimum absolute atomic E-state index is 0.265. The van der Waals surface area contributed by atoms with Crippen LogP contribution >= 0.6 is 11.6 Å². The number of methoxy groups -OCH3 is 1. The first-order valence-corrected chi connectivity index (χ1v) is 11.3. The van der Waals surface area contributed by atoms with Gasteiger partial charge < -0.3 is 14.8 Å². The number of aromatic nitrogens is 2. The van der Waals surface area contributed by atoms with Crippen LogP contribution in [0.15, 0.2) is 72.9 Å². The Balaban J connectivity index is 1.48. The highest BCUT2D eigenvalue weighted by atomic mass is 35.5. The lowest BCUT2D eigenvalue weighted by atomic mass is 10.1. The molecular weight excluding hydrogens is 450 g/mol. The first-order chi connectivity index (χ1) is 16.4. The lowest BCUT2D eigenvalue weighted by Gasteiger charge is -2.14. The molecule has 3 aromatic carbocycles. The molecule has 0 aliphatic heterocycles. The molecule has 0 unspecified atom stereocenters. The van der Waals surface area contributed by atoms with Crippen molar-refractivity contribution < 1.29 is 14.3 Å². The molecule has 1 heterocycles. The van der Waals surface area contributed by atoms with Gasteiger partial charge in [0.25, 0.3) is 5.91 Å². The number of hydrogen-bond acceptors (Lipinski definition) is 4. The van der Waals surface area contributed by atoms with Crippen molar-refractivity contribution in [3.63, 3.8) is 0 Å². The Labute approximate surface area is 204 Å². The van der Waals surface area contributed by atoms with Crippen molar-refractivity contribution >= 4 is 23.3 Å². The number of hydrogen-bond donors (Lipinski definition) is 1. The van der Waals surface area contributed by atoms with E-state index in [-0.39, 0.29) is 12.5 Å². The van der Waals surface area contributed by atoms with E-state index in [4.69, 9.17) is 21.1 Å². The van der Waals surface area contributed by atoms with Crippen LogP contribution in [0.5, 0.6) is 11.5 Å². The van der Waals surface area contributed by atoms with Crippen LogP contribution in [0.25, 0.3) is 0 Å². The third-order valence-electron chi connectivity index (χ3n) is 5.41. The molecule has 7 heteroatoms. The molecule has 1 amide bonds. The molecule has 0 bridgehead atoms. The normalized spacial score (nSPS) is 10.7. The SMILES string of the molecule is COc1ccc(C(=O)Nc2nn(Cc3ccccc3)cc2Cl)cc1COc1cc(C)ccc1C. The smallest absolute Gasteiger partial charge is 0.256 e. The molecule has 1 N–H and O–H groups in total. The second-order valence-electron chi connectivity index (χ2n) is 8.05. The molecule has 0 aliphatic carbocycles. The monoisotopic (exact) mass is 475 g/mol. The summed E-state index contributed by atoms with van der Waals surface area (Å²) in [6.45, 7) is 4.83. The quantitative estimate of drug-likeness (QED) is 0.337. The number of amides is 1. The van der Waals surface area contributed by atoms with Crippen molar-refractivity contribution in [3.8, 4) is 11.5 Å². The summed E-state index contributed by atoms with van der Waals surface area (Å²) in [4.78, 5) is 13.0. The fraction of sp³-hybridized carbons (Fsp3) is 0.185. The van der Waals surface area contributed by atoms with Crippen LogP contribution in [0.3, 0.4) is 0 Å². The predicted octanol–water partition coefficient (Wildman–Crippen LogP) is 6.04.